The van der Waals surface area contributed by atoms with Crippen LogP contribution in [0.3, 0.4) is 0 Å². The highest BCUT2D eigenvalue weighted by Crippen LogP contribution is 2.13. The molecule has 1 aromatic heterocycles. The van der Waals surface area contributed by atoms with Crippen LogP contribution in [0, 0.1) is 12.7 Å². The Labute approximate surface area is 107 Å². The minimum Gasteiger partial charge on any atom is -0.305 e. The SMILES string of the molecule is Cc1cccc(CN[C@H](C)c2ccc(F)cc2)n1. The van der Waals surface area contributed by atoms with Crippen molar-refractivity contribution < 1.29 is 4.39 Å². The molecule has 18 heavy (non-hydrogen) atoms. The minimum atomic E-state index is -0.202. The normalized spacial score (nSPS) is 12.4. The zero-order chi connectivity index (χ0) is 13.0. The second-order valence-corrected chi connectivity index (χ2v) is 4.42. The van der Waals surface area contributed by atoms with Crippen LogP contribution in [0.2, 0.25) is 0 Å². The summed E-state index contributed by atoms with van der Waals surface area (Å²) in [7, 11) is 0. The first-order valence-corrected chi connectivity index (χ1v) is 6.06. The lowest BCUT2D eigenvalue weighted by atomic mass is 10.1. The molecule has 2 rings (SSSR count). The van der Waals surface area contributed by atoms with Crippen molar-refractivity contribution in [3.8, 4) is 0 Å². The lowest BCUT2D eigenvalue weighted by Gasteiger charge is -2.14. The number of aromatic nitrogens is 1. The number of aryl methyl sites for hydroxylation is 1. The van der Waals surface area contributed by atoms with Crippen molar-refractivity contribution >= 4 is 0 Å². The van der Waals surface area contributed by atoms with Crippen LogP contribution in [0.15, 0.2) is 42.5 Å². The Kier molecular flexibility index (Phi) is 4.05. The van der Waals surface area contributed by atoms with Crippen molar-refractivity contribution in [1.82, 2.24) is 10.3 Å². The Hall–Kier alpha value is -1.74. The molecule has 0 spiro atoms. The Bertz CT molecular complexity index is 508. The Morgan fingerprint density at radius 2 is 1.89 bits per heavy atom. The second kappa shape index (κ2) is 5.74. The summed E-state index contributed by atoms with van der Waals surface area (Å²) in [6.07, 6.45) is 0. The maximum atomic E-state index is 12.8. The zero-order valence-corrected chi connectivity index (χ0v) is 10.7. The molecule has 2 nitrogen and oxygen atoms in total. The predicted molar refractivity (Wildman–Crippen MR) is 70.6 cm³/mol. The third-order valence-corrected chi connectivity index (χ3v) is 2.91. The molecule has 94 valence electrons. The smallest absolute Gasteiger partial charge is 0.123 e. The second-order valence-electron chi connectivity index (χ2n) is 4.42. The van der Waals surface area contributed by atoms with E-state index in [1.54, 1.807) is 12.1 Å². The van der Waals surface area contributed by atoms with Gasteiger partial charge >= 0.3 is 0 Å². The van der Waals surface area contributed by atoms with E-state index in [1.165, 1.54) is 12.1 Å². The highest BCUT2D eigenvalue weighted by molar-refractivity contribution is 5.19. The van der Waals surface area contributed by atoms with Gasteiger partial charge in [-0.3, -0.25) is 4.98 Å². The first-order chi connectivity index (χ1) is 8.65. The summed E-state index contributed by atoms with van der Waals surface area (Å²) < 4.78 is 12.8. The van der Waals surface area contributed by atoms with Crippen LogP contribution in [0.1, 0.15) is 29.9 Å². The van der Waals surface area contributed by atoms with Crippen LogP contribution < -0.4 is 5.32 Å². The summed E-state index contributed by atoms with van der Waals surface area (Å²) >= 11 is 0. The molecule has 0 radical (unpaired) electrons. The van der Waals surface area contributed by atoms with Gasteiger partial charge in [-0.2, -0.15) is 0 Å². The zero-order valence-electron chi connectivity index (χ0n) is 10.7. The van der Waals surface area contributed by atoms with Crippen molar-refractivity contribution in [2.24, 2.45) is 0 Å². The van der Waals surface area contributed by atoms with Crippen LogP contribution >= 0.6 is 0 Å². The topological polar surface area (TPSA) is 24.9 Å². The fraction of sp³-hybridized carbons (Fsp3) is 0.267. The van der Waals surface area contributed by atoms with Gasteiger partial charge in [0.2, 0.25) is 0 Å². The van der Waals surface area contributed by atoms with Gasteiger partial charge in [0.25, 0.3) is 0 Å². The molecule has 0 fully saturated rings. The van der Waals surface area contributed by atoms with E-state index in [-0.39, 0.29) is 11.9 Å². The highest BCUT2D eigenvalue weighted by Gasteiger charge is 2.05. The number of rotatable bonds is 4. The average molecular weight is 244 g/mol. The number of pyridine rings is 1. The number of hydrogen-bond donors (Lipinski definition) is 1. The van der Waals surface area contributed by atoms with Crippen molar-refractivity contribution in [1.29, 1.82) is 0 Å². The Morgan fingerprint density at radius 1 is 1.17 bits per heavy atom. The van der Waals surface area contributed by atoms with E-state index in [4.69, 9.17) is 0 Å². The van der Waals surface area contributed by atoms with E-state index >= 15 is 0 Å². The van der Waals surface area contributed by atoms with Gasteiger partial charge in [0.05, 0.1) is 5.69 Å². The highest BCUT2D eigenvalue weighted by atomic mass is 19.1. The molecule has 0 aliphatic heterocycles. The van der Waals surface area contributed by atoms with E-state index in [0.29, 0.717) is 6.54 Å². The van der Waals surface area contributed by atoms with Crippen molar-refractivity contribution in [3.05, 3.63) is 65.2 Å². The van der Waals surface area contributed by atoms with Gasteiger partial charge in [-0.25, -0.2) is 4.39 Å². The van der Waals surface area contributed by atoms with Gasteiger partial charge in [0, 0.05) is 18.3 Å². The molecule has 0 unspecified atom stereocenters. The number of nitrogens with zero attached hydrogens (tertiary/aromatic N) is 1. The summed E-state index contributed by atoms with van der Waals surface area (Å²) in [6, 6.07) is 12.7. The fourth-order valence-corrected chi connectivity index (χ4v) is 1.82. The molecule has 0 aliphatic carbocycles. The Balaban J connectivity index is 1.96. The monoisotopic (exact) mass is 244 g/mol. The van der Waals surface area contributed by atoms with Crippen LogP contribution in [0.4, 0.5) is 4.39 Å². The van der Waals surface area contributed by atoms with E-state index in [9.17, 15) is 4.39 Å². The molecule has 0 aliphatic rings. The molecule has 1 aromatic carbocycles. The van der Waals surface area contributed by atoms with E-state index in [2.05, 4.69) is 17.2 Å². The van der Waals surface area contributed by atoms with E-state index < -0.39 is 0 Å². The third-order valence-electron chi connectivity index (χ3n) is 2.91. The quantitative estimate of drug-likeness (QED) is 0.891. The predicted octanol–water partition coefficient (Wildman–Crippen LogP) is 3.38. The summed E-state index contributed by atoms with van der Waals surface area (Å²) in [6.45, 7) is 4.75. The molecule has 0 bridgehead atoms. The summed E-state index contributed by atoms with van der Waals surface area (Å²) in [5, 5.41) is 3.38. The molecule has 0 amide bonds. The number of benzene rings is 1. The van der Waals surface area contributed by atoms with Crippen molar-refractivity contribution in [3.63, 3.8) is 0 Å². The van der Waals surface area contributed by atoms with Crippen LogP contribution in [-0.2, 0) is 6.54 Å². The molecule has 1 atom stereocenters. The van der Waals surface area contributed by atoms with Gasteiger partial charge in [0.1, 0.15) is 5.82 Å². The fourth-order valence-electron chi connectivity index (χ4n) is 1.82. The van der Waals surface area contributed by atoms with Crippen molar-refractivity contribution in [2.45, 2.75) is 26.4 Å². The maximum absolute atomic E-state index is 12.8. The lowest BCUT2D eigenvalue weighted by molar-refractivity contribution is 0.564. The third kappa shape index (κ3) is 3.37. The van der Waals surface area contributed by atoms with Crippen molar-refractivity contribution in [2.75, 3.05) is 0 Å². The summed E-state index contributed by atoms with van der Waals surface area (Å²) in [5.74, 6) is -0.202. The largest absolute Gasteiger partial charge is 0.305 e. The number of hydrogen-bond acceptors (Lipinski definition) is 2. The summed E-state index contributed by atoms with van der Waals surface area (Å²) in [5.41, 5.74) is 3.11. The number of nitrogens with one attached hydrogen (secondary N) is 1. The minimum absolute atomic E-state index is 0.174. The van der Waals surface area contributed by atoms with E-state index in [1.807, 2.05) is 25.1 Å². The number of halogens is 1. The molecule has 1 N–H and O–H groups in total. The van der Waals surface area contributed by atoms with Gasteiger partial charge in [-0.05, 0) is 43.7 Å². The van der Waals surface area contributed by atoms with Gasteiger partial charge in [-0.15, -0.1) is 0 Å². The summed E-state index contributed by atoms with van der Waals surface area (Å²) in [4.78, 5) is 4.43. The van der Waals surface area contributed by atoms with Gasteiger partial charge in [-0.1, -0.05) is 18.2 Å². The standard InChI is InChI=1S/C15H17FN2/c1-11-4-3-5-15(18-11)10-17-12(2)13-6-8-14(16)9-7-13/h3-9,12,17H,10H2,1-2H3/t12-/m1/s1. The molecule has 3 heteroatoms. The van der Waals surface area contributed by atoms with Gasteiger partial charge < -0.3 is 5.32 Å². The van der Waals surface area contributed by atoms with Crippen LogP contribution in [0.5, 0.6) is 0 Å². The molecule has 0 saturated heterocycles. The first kappa shape index (κ1) is 12.7. The maximum Gasteiger partial charge on any atom is 0.123 e. The molecule has 1 heterocycles. The van der Waals surface area contributed by atoms with Crippen LogP contribution in [0.25, 0.3) is 0 Å². The lowest BCUT2D eigenvalue weighted by Crippen LogP contribution is -2.18. The average Bonchev–Trinajstić information content (AvgIpc) is 2.37. The molecular weight excluding hydrogens is 227 g/mol. The molecular formula is C15H17FN2. The first-order valence-electron chi connectivity index (χ1n) is 6.06. The van der Waals surface area contributed by atoms with Gasteiger partial charge in [0.15, 0.2) is 0 Å². The molecule has 2 aromatic rings. The van der Waals surface area contributed by atoms with Crippen LogP contribution in [-0.4, -0.2) is 4.98 Å². The Morgan fingerprint density at radius 3 is 2.56 bits per heavy atom. The van der Waals surface area contributed by atoms with E-state index in [0.717, 1.165) is 17.0 Å². The molecule has 0 saturated carbocycles.